The molecule has 0 bridgehead atoms. The molecular weight excluding hydrogens is 194 g/mol. The Hall–Kier alpha value is -1.55. The second-order valence-electron chi connectivity index (χ2n) is 3.28. The van der Waals surface area contributed by atoms with Crippen molar-refractivity contribution < 1.29 is 14.4 Å². The lowest BCUT2D eigenvalue weighted by molar-refractivity contribution is -0.170. The molecule has 1 saturated heterocycles. The minimum atomic E-state index is -0.128. The summed E-state index contributed by atoms with van der Waals surface area (Å²) in [5, 5.41) is 1.36. The van der Waals surface area contributed by atoms with Crippen LogP contribution in [0.2, 0.25) is 0 Å². The Labute approximate surface area is 88.4 Å². The molecule has 0 unspecified atom stereocenters. The van der Waals surface area contributed by atoms with Crippen LogP contribution in [-0.4, -0.2) is 30.7 Å². The van der Waals surface area contributed by atoms with Gasteiger partial charge in [0, 0.05) is 0 Å². The highest BCUT2D eigenvalue weighted by Gasteiger charge is 2.19. The van der Waals surface area contributed by atoms with Crippen molar-refractivity contribution in [1.82, 2.24) is 5.06 Å². The fraction of sp³-hybridized carbons (Fsp3) is 0.364. The third kappa shape index (κ3) is 2.70. The molecule has 0 saturated carbocycles. The minimum Gasteiger partial charge on any atom is -0.484 e. The van der Waals surface area contributed by atoms with E-state index < -0.39 is 0 Å². The summed E-state index contributed by atoms with van der Waals surface area (Å²) in [5.41, 5.74) is 0. The number of amides is 1. The number of hydrogen-bond acceptors (Lipinski definition) is 3. The summed E-state index contributed by atoms with van der Waals surface area (Å²) >= 11 is 0. The predicted octanol–water partition coefficient (Wildman–Crippen LogP) is 1.23. The van der Waals surface area contributed by atoms with Gasteiger partial charge in [0.2, 0.25) is 0 Å². The van der Waals surface area contributed by atoms with Gasteiger partial charge in [0.25, 0.3) is 5.91 Å². The molecule has 1 aromatic rings. The summed E-state index contributed by atoms with van der Waals surface area (Å²) in [6.07, 6.45) is 0.900. The van der Waals surface area contributed by atoms with Gasteiger partial charge in [0.05, 0.1) is 13.2 Å². The number of ether oxygens (including phenoxy) is 1. The normalized spacial score (nSPS) is 15.3. The Balaban J connectivity index is 1.80. The van der Waals surface area contributed by atoms with Gasteiger partial charge >= 0.3 is 0 Å². The molecule has 1 heterocycles. The molecule has 0 aromatic heterocycles. The maximum Gasteiger partial charge on any atom is 0.283 e. The zero-order chi connectivity index (χ0) is 10.5. The Kier molecular flexibility index (Phi) is 3.19. The largest absolute Gasteiger partial charge is 0.484 e. The SMILES string of the molecule is O=C(COc1ccccc1)N1CCCO1. The maximum absolute atomic E-state index is 11.5. The quantitative estimate of drug-likeness (QED) is 0.748. The van der Waals surface area contributed by atoms with Gasteiger partial charge in [-0.2, -0.15) is 0 Å². The molecule has 80 valence electrons. The van der Waals surface area contributed by atoms with Crippen LogP contribution in [0.1, 0.15) is 6.42 Å². The molecule has 15 heavy (non-hydrogen) atoms. The monoisotopic (exact) mass is 207 g/mol. The molecule has 0 radical (unpaired) electrons. The first kappa shape index (κ1) is 9.98. The fourth-order valence-electron chi connectivity index (χ4n) is 1.38. The first-order valence-corrected chi connectivity index (χ1v) is 4.97. The number of rotatable bonds is 3. The number of hydrogen-bond donors (Lipinski definition) is 0. The van der Waals surface area contributed by atoms with Crippen LogP contribution >= 0.6 is 0 Å². The lowest BCUT2D eigenvalue weighted by Crippen LogP contribution is -2.31. The standard InChI is InChI=1S/C11H13NO3/c13-11(12-7-4-8-15-12)9-14-10-5-2-1-3-6-10/h1-3,5-6H,4,7-9H2. The summed E-state index contributed by atoms with van der Waals surface area (Å²) in [6, 6.07) is 9.27. The van der Waals surface area contributed by atoms with Crippen molar-refractivity contribution in [2.24, 2.45) is 0 Å². The van der Waals surface area contributed by atoms with E-state index in [0.717, 1.165) is 6.42 Å². The van der Waals surface area contributed by atoms with Gasteiger partial charge in [-0.25, -0.2) is 5.06 Å². The number of carbonyl (C=O) groups excluding carboxylic acids is 1. The van der Waals surface area contributed by atoms with E-state index >= 15 is 0 Å². The minimum absolute atomic E-state index is 0.0318. The molecule has 1 aromatic carbocycles. The van der Waals surface area contributed by atoms with Crippen LogP contribution in [-0.2, 0) is 9.63 Å². The first-order chi connectivity index (χ1) is 7.36. The van der Waals surface area contributed by atoms with Crippen molar-refractivity contribution in [2.75, 3.05) is 19.8 Å². The Morgan fingerprint density at radius 1 is 1.40 bits per heavy atom. The fourth-order valence-corrected chi connectivity index (χ4v) is 1.38. The van der Waals surface area contributed by atoms with Crippen molar-refractivity contribution >= 4 is 5.91 Å². The van der Waals surface area contributed by atoms with Gasteiger partial charge in [-0.3, -0.25) is 9.63 Å². The molecule has 1 aliphatic heterocycles. The van der Waals surface area contributed by atoms with E-state index in [0.29, 0.717) is 18.9 Å². The van der Waals surface area contributed by atoms with Crippen LogP contribution in [0.5, 0.6) is 5.75 Å². The number of hydroxylamine groups is 2. The summed E-state index contributed by atoms with van der Waals surface area (Å²) in [5.74, 6) is 0.571. The molecule has 4 nitrogen and oxygen atoms in total. The van der Waals surface area contributed by atoms with Crippen LogP contribution in [0.25, 0.3) is 0 Å². The molecule has 1 aliphatic rings. The van der Waals surface area contributed by atoms with E-state index in [1.54, 1.807) is 0 Å². The van der Waals surface area contributed by atoms with Gasteiger partial charge in [0.1, 0.15) is 5.75 Å². The number of para-hydroxylation sites is 1. The molecule has 0 spiro atoms. The summed E-state index contributed by atoms with van der Waals surface area (Å²) in [4.78, 5) is 16.6. The Morgan fingerprint density at radius 2 is 2.20 bits per heavy atom. The van der Waals surface area contributed by atoms with Crippen LogP contribution in [0, 0.1) is 0 Å². The molecule has 2 rings (SSSR count). The van der Waals surface area contributed by atoms with E-state index in [1.807, 2.05) is 30.3 Å². The van der Waals surface area contributed by atoms with Gasteiger partial charge in [-0.15, -0.1) is 0 Å². The molecule has 0 N–H and O–H groups in total. The highest BCUT2D eigenvalue weighted by Crippen LogP contribution is 2.09. The Morgan fingerprint density at radius 3 is 2.87 bits per heavy atom. The second-order valence-corrected chi connectivity index (χ2v) is 3.28. The molecule has 1 amide bonds. The van der Waals surface area contributed by atoms with Gasteiger partial charge < -0.3 is 4.74 Å². The summed E-state index contributed by atoms with van der Waals surface area (Å²) < 4.78 is 5.31. The van der Waals surface area contributed by atoms with Crippen LogP contribution in [0.15, 0.2) is 30.3 Å². The molecular formula is C11H13NO3. The highest BCUT2D eigenvalue weighted by atomic mass is 16.7. The van der Waals surface area contributed by atoms with Gasteiger partial charge in [-0.05, 0) is 18.6 Å². The van der Waals surface area contributed by atoms with Crippen molar-refractivity contribution in [3.05, 3.63) is 30.3 Å². The van der Waals surface area contributed by atoms with Crippen molar-refractivity contribution in [3.63, 3.8) is 0 Å². The third-order valence-corrected chi connectivity index (χ3v) is 2.14. The van der Waals surface area contributed by atoms with E-state index in [4.69, 9.17) is 9.57 Å². The molecule has 0 aliphatic carbocycles. The first-order valence-electron chi connectivity index (χ1n) is 4.97. The summed E-state index contributed by atoms with van der Waals surface area (Å²) in [7, 11) is 0. The highest BCUT2D eigenvalue weighted by molar-refractivity contribution is 5.76. The summed E-state index contributed by atoms with van der Waals surface area (Å²) in [6.45, 7) is 1.32. The van der Waals surface area contributed by atoms with E-state index in [-0.39, 0.29) is 12.5 Å². The Bertz CT molecular complexity index is 320. The number of nitrogens with zero attached hydrogens (tertiary/aromatic N) is 1. The van der Waals surface area contributed by atoms with Gasteiger partial charge in [0.15, 0.2) is 6.61 Å². The van der Waals surface area contributed by atoms with E-state index in [1.165, 1.54) is 5.06 Å². The second kappa shape index (κ2) is 4.79. The van der Waals surface area contributed by atoms with Crippen molar-refractivity contribution in [2.45, 2.75) is 6.42 Å². The average Bonchev–Trinajstić information content (AvgIpc) is 2.81. The average molecular weight is 207 g/mol. The van der Waals surface area contributed by atoms with E-state index in [2.05, 4.69) is 0 Å². The lowest BCUT2D eigenvalue weighted by Gasteiger charge is -2.13. The number of carbonyl (C=O) groups is 1. The van der Waals surface area contributed by atoms with Crippen molar-refractivity contribution in [1.29, 1.82) is 0 Å². The predicted molar refractivity (Wildman–Crippen MR) is 54.2 cm³/mol. The third-order valence-electron chi connectivity index (χ3n) is 2.14. The molecule has 0 atom stereocenters. The zero-order valence-electron chi connectivity index (χ0n) is 8.39. The number of benzene rings is 1. The van der Waals surface area contributed by atoms with E-state index in [9.17, 15) is 4.79 Å². The zero-order valence-corrected chi connectivity index (χ0v) is 8.39. The topological polar surface area (TPSA) is 38.8 Å². The lowest BCUT2D eigenvalue weighted by atomic mass is 10.3. The van der Waals surface area contributed by atoms with Crippen LogP contribution in [0.4, 0.5) is 0 Å². The van der Waals surface area contributed by atoms with Crippen LogP contribution < -0.4 is 4.74 Å². The molecule has 4 heteroatoms. The molecule has 1 fully saturated rings. The van der Waals surface area contributed by atoms with Crippen LogP contribution in [0.3, 0.4) is 0 Å². The van der Waals surface area contributed by atoms with Gasteiger partial charge in [-0.1, -0.05) is 18.2 Å². The van der Waals surface area contributed by atoms with Crippen molar-refractivity contribution in [3.8, 4) is 5.75 Å². The smallest absolute Gasteiger partial charge is 0.283 e. The maximum atomic E-state index is 11.5.